The first kappa shape index (κ1) is 11.8. The molecule has 0 radical (unpaired) electrons. The van der Waals surface area contributed by atoms with E-state index < -0.39 is 5.97 Å². The molecule has 0 aliphatic heterocycles. The van der Waals surface area contributed by atoms with Gasteiger partial charge in [-0.15, -0.1) is 11.3 Å². The highest BCUT2D eigenvalue weighted by atomic mass is 32.1. The third kappa shape index (κ3) is 2.52. The summed E-state index contributed by atoms with van der Waals surface area (Å²) >= 11 is 1.59. The highest BCUT2D eigenvalue weighted by Gasteiger charge is 2.12. The number of carboxylic acids is 1. The summed E-state index contributed by atoms with van der Waals surface area (Å²) in [7, 11) is 0. The molecule has 0 aliphatic carbocycles. The van der Waals surface area contributed by atoms with Gasteiger partial charge in [0.15, 0.2) is 0 Å². The fraction of sp³-hybridized carbons (Fsp3) is 0.364. The molecule has 0 unspecified atom stereocenters. The van der Waals surface area contributed by atoms with Crippen LogP contribution in [0.15, 0.2) is 17.6 Å². The van der Waals surface area contributed by atoms with Crippen LogP contribution in [0.1, 0.15) is 41.0 Å². The zero-order valence-corrected chi connectivity index (χ0v) is 10.4. The largest absolute Gasteiger partial charge is 0.477 e. The van der Waals surface area contributed by atoms with E-state index in [0.29, 0.717) is 12.5 Å². The molecule has 17 heavy (non-hydrogen) atoms. The molecule has 0 bridgehead atoms. The Morgan fingerprint density at radius 1 is 1.59 bits per heavy atom. The minimum absolute atomic E-state index is 0.184. The summed E-state index contributed by atoms with van der Waals surface area (Å²) < 4.78 is 1.45. The van der Waals surface area contributed by atoms with E-state index in [2.05, 4.69) is 23.9 Å². The van der Waals surface area contributed by atoms with Gasteiger partial charge in [0, 0.05) is 17.5 Å². The molecule has 0 saturated heterocycles. The molecule has 0 amide bonds. The molecule has 0 fully saturated rings. The third-order valence-corrected chi connectivity index (χ3v) is 3.50. The topological polar surface area (TPSA) is 68.0 Å². The molecule has 2 rings (SSSR count). The van der Waals surface area contributed by atoms with Crippen LogP contribution in [0.5, 0.6) is 0 Å². The molecule has 2 aromatic rings. The third-order valence-electron chi connectivity index (χ3n) is 2.31. The summed E-state index contributed by atoms with van der Waals surface area (Å²) in [5.74, 6) is -0.577. The van der Waals surface area contributed by atoms with Gasteiger partial charge in [-0.1, -0.05) is 13.8 Å². The number of rotatable bonds is 4. The summed E-state index contributed by atoms with van der Waals surface area (Å²) in [5.41, 5.74) is 1.04. The predicted octanol–water partition coefficient (Wildman–Crippen LogP) is 2.21. The van der Waals surface area contributed by atoms with Crippen molar-refractivity contribution < 1.29 is 9.90 Å². The second kappa shape index (κ2) is 4.67. The van der Waals surface area contributed by atoms with Crippen molar-refractivity contribution in [3.63, 3.8) is 0 Å². The Balaban J connectivity index is 2.19. The number of aromatic nitrogens is 3. The molecular formula is C11H13N3O2S. The number of nitrogens with zero attached hydrogens (tertiary/aromatic N) is 3. The number of carboxylic acid groups (broad SMARTS) is 1. The summed E-state index contributed by atoms with van der Waals surface area (Å²) in [5, 5.41) is 15.9. The van der Waals surface area contributed by atoms with Gasteiger partial charge in [0.1, 0.15) is 5.69 Å². The van der Waals surface area contributed by atoms with Crippen LogP contribution in [0.25, 0.3) is 0 Å². The van der Waals surface area contributed by atoms with Gasteiger partial charge in [-0.2, -0.15) is 5.10 Å². The van der Waals surface area contributed by atoms with Crippen LogP contribution in [0.3, 0.4) is 0 Å². The fourth-order valence-corrected chi connectivity index (χ4v) is 2.28. The Hall–Kier alpha value is -1.69. The first-order valence-corrected chi connectivity index (χ1v) is 6.15. The van der Waals surface area contributed by atoms with E-state index >= 15 is 0 Å². The SMILES string of the molecule is CC(C)c1nc(Cn2nccc2C(=O)O)cs1. The molecule has 2 aromatic heterocycles. The Morgan fingerprint density at radius 3 is 2.94 bits per heavy atom. The molecule has 1 N–H and O–H groups in total. The molecule has 0 saturated carbocycles. The highest BCUT2D eigenvalue weighted by Crippen LogP contribution is 2.19. The van der Waals surface area contributed by atoms with Gasteiger partial charge < -0.3 is 5.11 Å². The number of thiazole rings is 1. The maximum absolute atomic E-state index is 10.9. The van der Waals surface area contributed by atoms with Crippen LogP contribution in [0.2, 0.25) is 0 Å². The van der Waals surface area contributed by atoms with Gasteiger partial charge in [-0.05, 0) is 6.07 Å². The van der Waals surface area contributed by atoms with E-state index in [0.717, 1.165) is 10.7 Å². The number of aromatic carboxylic acids is 1. The van der Waals surface area contributed by atoms with Crippen molar-refractivity contribution in [3.05, 3.63) is 34.0 Å². The van der Waals surface area contributed by atoms with Crippen molar-refractivity contribution >= 4 is 17.3 Å². The quantitative estimate of drug-likeness (QED) is 0.904. The smallest absolute Gasteiger partial charge is 0.354 e. The number of hydrogen-bond acceptors (Lipinski definition) is 4. The van der Waals surface area contributed by atoms with E-state index in [1.165, 1.54) is 16.9 Å². The van der Waals surface area contributed by atoms with Gasteiger partial charge in [0.25, 0.3) is 0 Å². The van der Waals surface area contributed by atoms with Gasteiger partial charge in [0.05, 0.1) is 17.2 Å². The average Bonchev–Trinajstić information content (AvgIpc) is 2.86. The van der Waals surface area contributed by atoms with E-state index in [1.807, 2.05) is 5.38 Å². The Morgan fingerprint density at radius 2 is 2.35 bits per heavy atom. The van der Waals surface area contributed by atoms with E-state index in [-0.39, 0.29) is 5.69 Å². The first-order valence-electron chi connectivity index (χ1n) is 5.27. The Labute approximate surface area is 103 Å². The predicted molar refractivity (Wildman–Crippen MR) is 64.5 cm³/mol. The van der Waals surface area contributed by atoms with Crippen molar-refractivity contribution in [3.8, 4) is 0 Å². The van der Waals surface area contributed by atoms with Crippen LogP contribution in [-0.4, -0.2) is 25.8 Å². The fourth-order valence-electron chi connectivity index (χ4n) is 1.45. The van der Waals surface area contributed by atoms with Crippen LogP contribution in [0.4, 0.5) is 0 Å². The van der Waals surface area contributed by atoms with E-state index in [1.54, 1.807) is 11.3 Å². The van der Waals surface area contributed by atoms with Crippen LogP contribution >= 0.6 is 11.3 Å². The molecular weight excluding hydrogens is 238 g/mol. The Kier molecular flexibility index (Phi) is 3.23. The normalized spacial score (nSPS) is 11.0. The average molecular weight is 251 g/mol. The van der Waals surface area contributed by atoms with Crippen molar-refractivity contribution in [2.45, 2.75) is 26.3 Å². The number of hydrogen-bond donors (Lipinski definition) is 1. The van der Waals surface area contributed by atoms with Crippen LogP contribution in [-0.2, 0) is 6.54 Å². The van der Waals surface area contributed by atoms with E-state index in [9.17, 15) is 4.79 Å². The zero-order chi connectivity index (χ0) is 12.4. The molecule has 6 heteroatoms. The molecule has 5 nitrogen and oxygen atoms in total. The van der Waals surface area contributed by atoms with Gasteiger partial charge >= 0.3 is 5.97 Å². The molecule has 0 spiro atoms. The second-order valence-electron chi connectivity index (χ2n) is 4.01. The van der Waals surface area contributed by atoms with Crippen molar-refractivity contribution in [1.82, 2.24) is 14.8 Å². The molecule has 0 atom stereocenters. The van der Waals surface area contributed by atoms with Gasteiger partial charge in [0.2, 0.25) is 0 Å². The first-order chi connectivity index (χ1) is 8.08. The minimum Gasteiger partial charge on any atom is -0.477 e. The van der Waals surface area contributed by atoms with Crippen LogP contribution < -0.4 is 0 Å². The van der Waals surface area contributed by atoms with Crippen molar-refractivity contribution in [1.29, 1.82) is 0 Å². The second-order valence-corrected chi connectivity index (χ2v) is 4.90. The summed E-state index contributed by atoms with van der Waals surface area (Å²) in [4.78, 5) is 15.4. The van der Waals surface area contributed by atoms with Crippen molar-refractivity contribution in [2.75, 3.05) is 0 Å². The van der Waals surface area contributed by atoms with E-state index in [4.69, 9.17) is 5.11 Å². The monoisotopic (exact) mass is 251 g/mol. The maximum Gasteiger partial charge on any atom is 0.354 e. The molecule has 2 heterocycles. The summed E-state index contributed by atoms with van der Waals surface area (Å²) in [6.45, 7) is 4.57. The maximum atomic E-state index is 10.9. The Bertz CT molecular complexity index is 530. The van der Waals surface area contributed by atoms with Crippen LogP contribution in [0, 0.1) is 0 Å². The lowest BCUT2D eigenvalue weighted by Gasteiger charge is -2.01. The minimum atomic E-state index is -0.971. The lowest BCUT2D eigenvalue weighted by Crippen LogP contribution is -2.11. The summed E-state index contributed by atoms with van der Waals surface area (Å²) in [6, 6.07) is 1.48. The lowest BCUT2D eigenvalue weighted by molar-refractivity contribution is 0.0684. The molecule has 90 valence electrons. The summed E-state index contributed by atoms with van der Waals surface area (Å²) in [6.07, 6.45) is 1.49. The standard InChI is InChI=1S/C11H13N3O2S/c1-7(2)10-13-8(6-17-10)5-14-9(11(15)16)3-4-12-14/h3-4,6-7H,5H2,1-2H3,(H,15,16). The lowest BCUT2D eigenvalue weighted by atomic mass is 10.2. The number of carbonyl (C=O) groups is 1. The van der Waals surface area contributed by atoms with Gasteiger partial charge in [-0.25, -0.2) is 9.78 Å². The van der Waals surface area contributed by atoms with Crippen molar-refractivity contribution in [2.24, 2.45) is 0 Å². The van der Waals surface area contributed by atoms with Gasteiger partial charge in [-0.3, -0.25) is 4.68 Å². The zero-order valence-electron chi connectivity index (χ0n) is 9.62. The molecule has 0 aromatic carbocycles. The highest BCUT2D eigenvalue weighted by molar-refractivity contribution is 7.09. The molecule has 0 aliphatic rings.